The van der Waals surface area contributed by atoms with Crippen LogP contribution in [0.25, 0.3) is 22.2 Å². The Kier molecular flexibility index (Phi) is 3.44. The van der Waals surface area contributed by atoms with E-state index in [4.69, 9.17) is 0 Å². The highest BCUT2D eigenvalue weighted by atomic mass is 16.3. The zero-order valence-electron chi connectivity index (χ0n) is 12.8. The molecule has 4 heteroatoms. The van der Waals surface area contributed by atoms with Crippen LogP contribution in [0.2, 0.25) is 0 Å². The Morgan fingerprint density at radius 2 is 2.05 bits per heavy atom. The number of hydrogen-bond donors (Lipinski definition) is 2. The van der Waals surface area contributed by atoms with E-state index in [1.54, 1.807) is 13.8 Å². The first kappa shape index (κ1) is 14.3. The Balaban J connectivity index is 1.99. The summed E-state index contributed by atoms with van der Waals surface area (Å²) in [4.78, 5) is 12.0. The standard InChI is InChI=1S/C18H17N3O/c1-12-16(5-4-15(21-12)6-8-18(2,3)22)14-10-13-7-9-19-17(13)20-11-14/h4-5,7,9-11,22H,1-3H3,(H,19,20). The van der Waals surface area contributed by atoms with Crippen molar-refractivity contribution in [2.75, 3.05) is 0 Å². The van der Waals surface area contributed by atoms with Gasteiger partial charge in [-0.15, -0.1) is 0 Å². The monoisotopic (exact) mass is 291 g/mol. The lowest BCUT2D eigenvalue weighted by Crippen LogP contribution is -2.14. The van der Waals surface area contributed by atoms with E-state index in [1.165, 1.54) is 0 Å². The molecule has 0 spiro atoms. The molecule has 0 aliphatic heterocycles. The first-order valence-corrected chi connectivity index (χ1v) is 7.09. The lowest BCUT2D eigenvalue weighted by molar-refractivity contribution is 0.143. The van der Waals surface area contributed by atoms with E-state index in [9.17, 15) is 5.11 Å². The van der Waals surface area contributed by atoms with Crippen LogP contribution in [0.1, 0.15) is 25.2 Å². The number of aromatic nitrogens is 3. The number of rotatable bonds is 1. The summed E-state index contributed by atoms with van der Waals surface area (Å²) in [5, 5.41) is 10.7. The van der Waals surface area contributed by atoms with Crippen molar-refractivity contribution in [3.05, 3.63) is 48.0 Å². The van der Waals surface area contributed by atoms with Crippen molar-refractivity contribution in [2.24, 2.45) is 0 Å². The number of fused-ring (bicyclic) bond motifs is 1. The molecule has 0 atom stereocenters. The average molecular weight is 291 g/mol. The molecule has 0 radical (unpaired) electrons. The molecule has 0 saturated heterocycles. The van der Waals surface area contributed by atoms with Gasteiger partial charge < -0.3 is 10.1 Å². The molecule has 3 heterocycles. The highest BCUT2D eigenvalue weighted by Gasteiger charge is 2.08. The van der Waals surface area contributed by atoms with Gasteiger partial charge in [0.2, 0.25) is 0 Å². The minimum absolute atomic E-state index is 0.652. The lowest BCUT2D eigenvalue weighted by Gasteiger charge is -2.07. The van der Waals surface area contributed by atoms with Gasteiger partial charge in [0.1, 0.15) is 16.9 Å². The summed E-state index contributed by atoms with van der Waals surface area (Å²) in [5.41, 5.74) is 3.46. The first-order valence-electron chi connectivity index (χ1n) is 7.09. The van der Waals surface area contributed by atoms with Crippen LogP contribution in [0.3, 0.4) is 0 Å². The second kappa shape index (κ2) is 5.28. The summed E-state index contributed by atoms with van der Waals surface area (Å²) < 4.78 is 0. The molecular formula is C18H17N3O. The zero-order valence-corrected chi connectivity index (χ0v) is 12.8. The molecule has 0 unspecified atom stereocenters. The van der Waals surface area contributed by atoms with Gasteiger partial charge in [-0.2, -0.15) is 0 Å². The molecule has 0 fully saturated rings. The van der Waals surface area contributed by atoms with Crippen molar-refractivity contribution in [1.29, 1.82) is 0 Å². The van der Waals surface area contributed by atoms with Crippen LogP contribution < -0.4 is 0 Å². The van der Waals surface area contributed by atoms with E-state index >= 15 is 0 Å². The van der Waals surface area contributed by atoms with Crippen molar-refractivity contribution in [2.45, 2.75) is 26.4 Å². The second-order valence-corrected chi connectivity index (χ2v) is 5.78. The molecule has 0 aliphatic carbocycles. The maximum Gasteiger partial charge on any atom is 0.137 e. The van der Waals surface area contributed by atoms with Gasteiger partial charge in [-0.25, -0.2) is 9.97 Å². The molecular weight excluding hydrogens is 274 g/mol. The predicted octanol–water partition coefficient (Wildman–Crippen LogP) is 3.06. The minimum Gasteiger partial charge on any atom is -0.378 e. The second-order valence-electron chi connectivity index (χ2n) is 5.78. The fourth-order valence-electron chi connectivity index (χ4n) is 2.24. The highest BCUT2D eigenvalue weighted by molar-refractivity contribution is 5.81. The fraction of sp³-hybridized carbons (Fsp3) is 0.222. The Hall–Kier alpha value is -2.64. The molecule has 22 heavy (non-hydrogen) atoms. The number of H-pyrrole nitrogens is 1. The van der Waals surface area contributed by atoms with Crippen LogP contribution in [0.4, 0.5) is 0 Å². The lowest BCUT2D eigenvalue weighted by atomic mass is 10.0. The van der Waals surface area contributed by atoms with Crippen molar-refractivity contribution in [1.82, 2.24) is 15.0 Å². The number of hydrogen-bond acceptors (Lipinski definition) is 3. The Morgan fingerprint density at radius 3 is 2.77 bits per heavy atom. The molecule has 0 bridgehead atoms. The first-order chi connectivity index (χ1) is 10.4. The number of aliphatic hydroxyl groups is 1. The molecule has 4 nitrogen and oxygen atoms in total. The van der Waals surface area contributed by atoms with Gasteiger partial charge in [0, 0.05) is 34.6 Å². The average Bonchev–Trinajstić information content (AvgIpc) is 2.92. The number of aromatic amines is 1. The summed E-state index contributed by atoms with van der Waals surface area (Å²) in [7, 11) is 0. The van der Waals surface area contributed by atoms with Crippen LogP contribution in [0.5, 0.6) is 0 Å². The zero-order chi connectivity index (χ0) is 15.7. The van der Waals surface area contributed by atoms with E-state index in [2.05, 4.69) is 32.9 Å². The summed E-state index contributed by atoms with van der Waals surface area (Å²) in [6, 6.07) is 7.94. The van der Waals surface area contributed by atoms with Crippen molar-refractivity contribution >= 4 is 11.0 Å². The largest absolute Gasteiger partial charge is 0.378 e. The number of pyridine rings is 2. The summed E-state index contributed by atoms with van der Waals surface area (Å²) >= 11 is 0. The molecule has 0 aliphatic rings. The van der Waals surface area contributed by atoms with Crippen LogP contribution in [0.15, 0.2) is 36.7 Å². The SMILES string of the molecule is Cc1nc(C#CC(C)(C)O)ccc1-c1cnc2[nH]ccc2c1. The van der Waals surface area contributed by atoms with E-state index < -0.39 is 5.60 Å². The molecule has 0 aromatic carbocycles. The molecule has 2 N–H and O–H groups in total. The maximum atomic E-state index is 9.65. The van der Waals surface area contributed by atoms with E-state index in [-0.39, 0.29) is 0 Å². The Bertz CT molecular complexity index is 892. The van der Waals surface area contributed by atoms with Gasteiger partial charge in [-0.05, 0) is 51.0 Å². The van der Waals surface area contributed by atoms with Crippen molar-refractivity contribution in [3.8, 4) is 23.0 Å². The molecule has 3 aromatic rings. The van der Waals surface area contributed by atoms with Crippen LogP contribution in [-0.2, 0) is 0 Å². The minimum atomic E-state index is -1.02. The summed E-state index contributed by atoms with van der Waals surface area (Å²) in [6.45, 7) is 5.25. The predicted molar refractivity (Wildman–Crippen MR) is 87.2 cm³/mol. The smallest absolute Gasteiger partial charge is 0.137 e. The third kappa shape index (κ3) is 3.00. The fourth-order valence-corrected chi connectivity index (χ4v) is 2.24. The summed E-state index contributed by atoms with van der Waals surface area (Å²) in [6.07, 6.45) is 3.72. The van der Waals surface area contributed by atoms with E-state index in [0.717, 1.165) is 27.9 Å². The van der Waals surface area contributed by atoms with Crippen LogP contribution in [-0.4, -0.2) is 25.7 Å². The van der Waals surface area contributed by atoms with Crippen LogP contribution in [0, 0.1) is 18.8 Å². The highest BCUT2D eigenvalue weighted by Crippen LogP contribution is 2.24. The van der Waals surface area contributed by atoms with E-state index in [0.29, 0.717) is 5.69 Å². The van der Waals surface area contributed by atoms with Crippen molar-refractivity contribution < 1.29 is 5.11 Å². The Labute approximate surface area is 129 Å². The number of nitrogens with zero attached hydrogens (tertiary/aromatic N) is 2. The number of aryl methyl sites for hydroxylation is 1. The van der Waals surface area contributed by atoms with Crippen LogP contribution >= 0.6 is 0 Å². The van der Waals surface area contributed by atoms with Crippen molar-refractivity contribution in [3.63, 3.8) is 0 Å². The molecule has 3 rings (SSSR count). The van der Waals surface area contributed by atoms with Gasteiger partial charge in [0.25, 0.3) is 0 Å². The summed E-state index contributed by atoms with van der Waals surface area (Å²) in [5.74, 6) is 5.67. The maximum absolute atomic E-state index is 9.65. The Morgan fingerprint density at radius 1 is 1.23 bits per heavy atom. The topological polar surface area (TPSA) is 61.8 Å². The van der Waals surface area contributed by atoms with Gasteiger partial charge in [-0.1, -0.05) is 5.92 Å². The van der Waals surface area contributed by atoms with Gasteiger partial charge in [-0.3, -0.25) is 0 Å². The van der Waals surface area contributed by atoms with E-state index in [1.807, 2.05) is 37.5 Å². The van der Waals surface area contributed by atoms with Gasteiger partial charge in [0.05, 0.1) is 0 Å². The molecule has 3 aromatic heterocycles. The molecule has 0 saturated carbocycles. The third-order valence-corrected chi connectivity index (χ3v) is 3.29. The quantitative estimate of drug-likeness (QED) is 0.677. The molecule has 0 amide bonds. The number of nitrogens with one attached hydrogen (secondary N) is 1. The van der Waals surface area contributed by atoms with Gasteiger partial charge >= 0.3 is 0 Å². The molecule has 110 valence electrons. The third-order valence-electron chi connectivity index (χ3n) is 3.29. The normalized spacial score (nSPS) is 11.3. The van der Waals surface area contributed by atoms with Gasteiger partial charge in [0.15, 0.2) is 0 Å².